The average molecular weight is 328 g/mol. The number of carbonyl (C=O) groups is 2. The topological polar surface area (TPSA) is 78.0 Å². The van der Waals surface area contributed by atoms with E-state index in [1.54, 1.807) is 49.5 Å². The molecule has 124 valence electrons. The van der Waals surface area contributed by atoms with E-state index in [9.17, 15) is 9.59 Å². The quantitative estimate of drug-likeness (QED) is 0.839. The Balaban J connectivity index is 1.59. The van der Waals surface area contributed by atoms with Gasteiger partial charge in [-0.15, -0.1) is 0 Å². The van der Waals surface area contributed by atoms with Crippen LogP contribution < -0.4 is 9.47 Å². The summed E-state index contributed by atoms with van der Waals surface area (Å²) in [4.78, 5) is 28.6. The van der Waals surface area contributed by atoms with Crippen molar-refractivity contribution in [2.75, 3.05) is 13.2 Å². The molecule has 2 heterocycles. The van der Waals surface area contributed by atoms with Crippen molar-refractivity contribution in [3.8, 4) is 17.4 Å². The summed E-state index contributed by atoms with van der Waals surface area (Å²) in [6.07, 6.45) is 0.219. The second-order valence-electron chi connectivity index (χ2n) is 5.11. The van der Waals surface area contributed by atoms with Gasteiger partial charge in [-0.05, 0) is 37.3 Å². The molecule has 0 bridgehead atoms. The molecule has 1 saturated heterocycles. The molecule has 2 aromatic rings. The molecule has 1 aromatic heterocycles. The number of hydrogen-bond acceptors (Lipinski definition) is 6. The fourth-order valence-electron chi connectivity index (χ4n) is 2.18. The van der Waals surface area contributed by atoms with E-state index < -0.39 is 18.1 Å². The van der Waals surface area contributed by atoms with Crippen molar-refractivity contribution in [2.24, 2.45) is 0 Å². The van der Waals surface area contributed by atoms with E-state index in [-0.39, 0.29) is 13.2 Å². The van der Waals surface area contributed by atoms with Crippen molar-refractivity contribution in [1.82, 2.24) is 9.88 Å². The number of hydrogen-bond donors (Lipinski definition) is 0. The predicted octanol–water partition coefficient (Wildman–Crippen LogP) is 2.62. The Labute approximate surface area is 138 Å². The molecule has 1 unspecified atom stereocenters. The predicted molar refractivity (Wildman–Crippen MR) is 83.9 cm³/mol. The van der Waals surface area contributed by atoms with Gasteiger partial charge in [-0.25, -0.2) is 14.7 Å². The summed E-state index contributed by atoms with van der Waals surface area (Å²) in [6, 6.07) is 12.2. The van der Waals surface area contributed by atoms with Crippen LogP contribution in [-0.2, 0) is 9.53 Å². The van der Waals surface area contributed by atoms with Gasteiger partial charge in [-0.1, -0.05) is 6.07 Å². The first-order valence-electron chi connectivity index (χ1n) is 7.47. The minimum Gasteiger partial charge on any atom is -0.481 e. The molecule has 0 aliphatic carbocycles. The van der Waals surface area contributed by atoms with Gasteiger partial charge in [0.1, 0.15) is 18.1 Å². The molecule has 0 radical (unpaired) electrons. The van der Waals surface area contributed by atoms with Gasteiger partial charge in [0, 0.05) is 12.3 Å². The zero-order valence-electron chi connectivity index (χ0n) is 13.0. The highest BCUT2D eigenvalue weighted by Gasteiger charge is 2.32. The van der Waals surface area contributed by atoms with E-state index in [4.69, 9.17) is 14.2 Å². The third-order valence-electron chi connectivity index (χ3n) is 3.37. The average Bonchev–Trinajstić information content (AvgIpc) is 3.03. The smallest absolute Gasteiger partial charge is 0.416 e. The molecule has 1 aromatic carbocycles. The van der Waals surface area contributed by atoms with Crippen LogP contribution >= 0.6 is 0 Å². The highest BCUT2D eigenvalue weighted by Crippen LogP contribution is 2.23. The Morgan fingerprint density at radius 1 is 1.21 bits per heavy atom. The second-order valence-corrected chi connectivity index (χ2v) is 5.11. The maximum atomic E-state index is 12.1. The van der Waals surface area contributed by atoms with Gasteiger partial charge in [0.05, 0.1) is 6.54 Å². The Morgan fingerprint density at radius 3 is 2.58 bits per heavy atom. The van der Waals surface area contributed by atoms with Crippen LogP contribution in [0.1, 0.15) is 6.92 Å². The third-order valence-corrected chi connectivity index (χ3v) is 3.37. The molecule has 1 aliphatic rings. The summed E-state index contributed by atoms with van der Waals surface area (Å²) in [7, 11) is 0. The van der Waals surface area contributed by atoms with Crippen molar-refractivity contribution < 1.29 is 23.8 Å². The first kappa shape index (κ1) is 15.8. The first-order chi connectivity index (χ1) is 11.6. The van der Waals surface area contributed by atoms with Gasteiger partial charge in [-0.3, -0.25) is 4.79 Å². The molecule has 2 amide bonds. The lowest BCUT2D eigenvalue weighted by molar-refractivity contribution is -0.134. The molecule has 24 heavy (non-hydrogen) atoms. The number of pyridine rings is 1. The number of amides is 2. The normalized spacial score (nSPS) is 14.9. The maximum absolute atomic E-state index is 12.1. The van der Waals surface area contributed by atoms with Crippen LogP contribution in [0.2, 0.25) is 0 Å². The van der Waals surface area contributed by atoms with Crippen LogP contribution in [0.4, 0.5) is 4.79 Å². The minimum absolute atomic E-state index is 0.219. The standard InChI is InChI=1S/C17H16N2O5/c1-12(16(20)19-10-11-22-17(19)21)23-13-5-7-14(8-6-13)24-15-4-2-3-9-18-15/h2-9,12H,10-11H2,1H3. The minimum atomic E-state index is -0.793. The fourth-order valence-corrected chi connectivity index (χ4v) is 2.18. The largest absolute Gasteiger partial charge is 0.481 e. The molecular formula is C17H16N2O5. The van der Waals surface area contributed by atoms with E-state index in [1.807, 2.05) is 6.07 Å². The summed E-state index contributed by atoms with van der Waals surface area (Å²) < 4.78 is 15.9. The van der Waals surface area contributed by atoms with Crippen molar-refractivity contribution in [3.05, 3.63) is 48.7 Å². The molecule has 7 heteroatoms. The summed E-state index contributed by atoms with van der Waals surface area (Å²) in [5.74, 6) is 1.16. The SMILES string of the molecule is CC(Oc1ccc(Oc2ccccn2)cc1)C(=O)N1CCOC1=O. The van der Waals surface area contributed by atoms with Crippen LogP contribution in [0, 0.1) is 0 Å². The van der Waals surface area contributed by atoms with Gasteiger partial charge in [0.15, 0.2) is 6.10 Å². The number of imide groups is 1. The van der Waals surface area contributed by atoms with Crippen LogP contribution in [0.3, 0.4) is 0 Å². The van der Waals surface area contributed by atoms with Crippen molar-refractivity contribution in [1.29, 1.82) is 0 Å². The molecule has 0 saturated carbocycles. The zero-order valence-corrected chi connectivity index (χ0v) is 13.0. The Morgan fingerprint density at radius 2 is 1.96 bits per heavy atom. The summed E-state index contributed by atoms with van der Waals surface area (Å²) in [5.41, 5.74) is 0. The highest BCUT2D eigenvalue weighted by molar-refractivity contribution is 5.95. The summed E-state index contributed by atoms with van der Waals surface area (Å²) >= 11 is 0. The second kappa shape index (κ2) is 6.99. The van der Waals surface area contributed by atoms with Gasteiger partial charge in [0.2, 0.25) is 5.88 Å². The van der Waals surface area contributed by atoms with E-state index >= 15 is 0 Å². The Kier molecular flexibility index (Phi) is 4.60. The molecule has 1 fully saturated rings. The number of ether oxygens (including phenoxy) is 3. The van der Waals surface area contributed by atoms with E-state index in [0.29, 0.717) is 17.4 Å². The third kappa shape index (κ3) is 3.62. The molecule has 3 rings (SSSR count). The molecule has 1 aliphatic heterocycles. The molecule has 0 N–H and O–H groups in total. The molecular weight excluding hydrogens is 312 g/mol. The fraction of sp³-hybridized carbons (Fsp3) is 0.235. The van der Waals surface area contributed by atoms with E-state index in [1.165, 1.54) is 0 Å². The Bertz CT molecular complexity index is 718. The highest BCUT2D eigenvalue weighted by atomic mass is 16.6. The van der Waals surface area contributed by atoms with Crippen LogP contribution in [0.5, 0.6) is 17.4 Å². The summed E-state index contributed by atoms with van der Waals surface area (Å²) in [6.45, 7) is 2.06. The zero-order chi connectivity index (χ0) is 16.9. The number of rotatable bonds is 5. The number of cyclic esters (lactones) is 1. The van der Waals surface area contributed by atoms with Gasteiger partial charge in [-0.2, -0.15) is 0 Å². The van der Waals surface area contributed by atoms with Crippen LogP contribution in [0.25, 0.3) is 0 Å². The van der Waals surface area contributed by atoms with Gasteiger partial charge < -0.3 is 14.2 Å². The van der Waals surface area contributed by atoms with Crippen molar-refractivity contribution >= 4 is 12.0 Å². The number of carbonyl (C=O) groups excluding carboxylic acids is 2. The van der Waals surface area contributed by atoms with Crippen LogP contribution in [0.15, 0.2) is 48.7 Å². The summed E-state index contributed by atoms with van der Waals surface area (Å²) in [5, 5.41) is 0. The lowest BCUT2D eigenvalue weighted by atomic mass is 10.3. The maximum Gasteiger partial charge on any atom is 0.416 e. The van der Waals surface area contributed by atoms with Crippen molar-refractivity contribution in [2.45, 2.75) is 13.0 Å². The lowest BCUT2D eigenvalue weighted by Crippen LogP contribution is -2.40. The van der Waals surface area contributed by atoms with Crippen LogP contribution in [-0.4, -0.2) is 41.1 Å². The van der Waals surface area contributed by atoms with Gasteiger partial charge in [0.25, 0.3) is 5.91 Å². The number of benzene rings is 1. The number of aromatic nitrogens is 1. The van der Waals surface area contributed by atoms with E-state index in [0.717, 1.165) is 4.90 Å². The monoisotopic (exact) mass is 328 g/mol. The first-order valence-corrected chi connectivity index (χ1v) is 7.47. The molecule has 1 atom stereocenters. The van der Waals surface area contributed by atoms with E-state index in [2.05, 4.69) is 4.98 Å². The van der Waals surface area contributed by atoms with Gasteiger partial charge >= 0.3 is 6.09 Å². The molecule has 7 nitrogen and oxygen atoms in total. The lowest BCUT2D eigenvalue weighted by Gasteiger charge is -2.18. The van der Waals surface area contributed by atoms with Crippen molar-refractivity contribution in [3.63, 3.8) is 0 Å². The molecule has 0 spiro atoms. The Hall–Kier alpha value is -3.09. The number of nitrogens with zero attached hydrogens (tertiary/aromatic N) is 2.